The molecule has 1 N–H and O–H groups in total. The lowest BCUT2D eigenvalue weighted by Gasteiger charge is -2.40. The average molecular weight is 329 g/mol. The van der Waals surface area contributed by atoms with E-state index in [0.717, 1.165) is 16.7 Å². The minimum atomic E-state index is -0.750. The molecule has 24 heavy (non-hydrogen) atoms. The summed E-state index contributed by atoms with van der Waals surface area (Å²) < 4.78 is 11.5. The van der Waals surface area contributed by atoms with Crippen molar-refractivity contribution in [2.75, 3.05) is 13.2 Å². The predicted molar refractivity (Wildman–Crippen MR) is 87.6 cm³/mol. The molecule has 0 bridgehead atoms. The molecule has 1 atom stereocenters. The maximum atomic E-state index is 13.2. The highest BCUT2D eigenvalue weighted by Gasteiger charge is 2.57. The van der Waals surface area contributed by atoms with Crippen LogP contribution in [-0.2, 0) is 19.1 Å². The number of ether oxygens (including phenoxy) is 2. The van der Waals surface area contributed by atoms with Crippen LogP contribution in [0.2, 0.25) is 0 Å². The van der Waals surface area contributed by atoms with Gasteiger partial charge in [0.15, 0.2) is 11.6 Å². The third kappa shape index (κ3) is 2.30. The fourth-order valence-corrected chi connectivity index (χ4v) is 4.41. The average Bonchev–Trinajstić information content (AvgIpc) is 3.09. The second kappa shape index (κ2) is 5.39. The van der Waals surface area contributed by atoms with Crippen LogP contribution in [0.1, 0.15) is 48.3 Å². The molecule has 2 heterocycles. The second-order valence-electron chi connectivity index (χ2n) is 7.34. The lowest BCUT2D eigenvalue weighted by Crippen LogP contribution is -2.53. The first-order valence-electron chi connectivity index (χ1n) is 8.66. The second-order valence-corrected chi connectivity index (χ2v) is 7.34. The van der Waals surface area contributed by atoms with Gasteiger partial charge in [-0.15, -0.1) is 0 Å². The third-order valence-electron chi connectivity index (χ3n) is 5.77. The van der Waals surface area contributed by atoms with E-state index in [1.54, 1.807) is 0 Å². The van der Waals surface area contributed by atoms with Gasteiger partial charge in [-0.05, 0) is 37.8 Å². The van der Waals surface area contributed by atoms with Crippen LogP contribution in [-0.4, -0.2) is 36.2 Å². The summed E-state index contributed by atoms with van der Waals surface area (Å²) in [5.41, 5.74) is 2.20. The van der Waals surface area contributed by atoms with Crippen molar-refractivity contribution in [1.29, 1.82) is 0 Å². The monoisotopic (exact) mass is 329 g/mol. The smallest absolute Gasteiger partial charge is 0.235 e. The highest BCUT2D eigenvalue weighted by Crippen LogP contribution is 2.45. The zero-order valence-electron chi connectivity index (χ0n) is 14.2. The number of ketones is 1. The minimum absolute atomic E-state index is 0.00676. The molecule has 1 amide bonds. The maximum absolute atomic E-state index is 13.2. The Bertz CT molecular complexity index is 695. The minimum Gasteiger partial charge on any atom is -0.348 e. The van der Waals surface area contributed by atoms with E-state index in [-0.39, 0.29) is 11.7 Å². The van der Waals surface area contributed by atoms with Crippen molar-refractivity contribution in [2.45, 2.75) is 56.8 Å². The molecule has 4 rings (SSSR count). The molecule has 3 aliphatic rings. The molecule has 1 aromatic carbocycles. The molecule has 1 aromatic rings. The van der Waals surface area contributed by atoms with Gasteiger partial charge in [0, 0.05) is 12.8 Å². The maximum Gasteiger partial charge on any atom is 0.235 e. The topological polar surface area (TPSA) is 64.6 Å². The van der Waals surface area contributed by atoms with Crippen molar-refractivity contribution < 1.29 is 19.1 Å². The zero-order chi connectivity index (χ0) is 16.9. The summed E-state index contributed by atoms with van der Waals surface area (Å²) in [7, 11) is 0. The number of hydrogen-bond donors (Lipinski definition) is 1. The summed E-state index contributed by atoms with van der Waals surface area (Å²) in [6.07, 6.45) is 2.47. The van der Waals surface area contributed by atoms with Crippen LogP contribution in [0.25, 0.3) is 0 Å². The number of benzene rings is 1. The summed E-state index contributed by atoms with van der Waals surface area (Å²) in [5.74, 6) is -1.39. The number of hydrogen-bond acceptors (Lipinski definition) is 4. The summed E-state index contributed by atoms with van der Waals surface area (Å²) in [6.45, 7) is 5.19. The van der Waals surface area contributed by atoms with Crippen molar-refractivity contribution in [2.24, 2.45) is 0 Å². The molecule has 2 spiro atoms. The Morgan fingerprint density at radius 3 is 2.33 bits per heavy atom. The molecule has 5 nitrogen and oxygen atoms in total. The molecular formula is C19H23NO4. The summed E-state index contributed by atoms with van der Waals surface area (Å²) in [5, 5.41) is 3.02. The van der Waals surface area contributed by atoms with Gasteiger partial charge in [0.25, 0.3) is 0 Å². The normalized spacial score (nSPS) is 27.8. The third-order valence-corrected chi connectivity index (χ3v) is 5.77. The van der Waals surface area contributed by atoms with Crippen molar-refractivity contribution >= 4 is 11.7 Å². The van der Waals surface area contributed by atoms with Gasteiger partial charge >= 0.3 is 0 Å². The molecule has 1 unspecified atom stereocenters. The summed E-state index contributed by atoms with van der Waals surface area (Å²) in [4.78, 5) is 25.8. The Morgan fingerprint density at radius 2 is 1.71 bits per heavy atom. The quantitative estimate of drug-likeness (QED) is 0.802. The van der Waals surface area contributed by atoms with E-state index in [1.807, 2.05) is 32.0 Å². The molecule has 2 aliphatic heterocycles. The van der Waals surface area contributed by atoms with Crippen LogP contribution in [0.15, 0.2) is 18.2 Å². The Labute approximate surface area is 141 Å². The van der Waals surface area contributed by atoms with Crippen LogP contribution in [0.3, 0.4) is 0 Å². The number of aryl methyl sites for hydroxylation is 2. The van der Waals surface area contributed by atoms with Gasteiger partial charge in [0.1, 0.15) is 11.5 Å². The van der Waals surface area contributed by atoms with Gasteiger partial charge in [-0.3, -0.25) is 9.59 Å². The lowest BCUT2D eigenvalue weighted by molar-refractivity contribution is -0.186. The molecule has 2 saturated heterocycles. The summed E-state index contributed by atoms with van der Waals surface area (Å²) >= 11 is 0. The largest absolute Gasteiger partial charge is 0.348 e. The highest BCUT2D eigenvalue weighted by molar-refractivity contribution is 6.17. The first kappa shape index (κ1) is 15.8. The highest BCUT2D eigenvalue weighted by atomic mass is 16.7. The molecule has 1 aliphatic carbocycles. The summed E-state index contributed by atoms with van der Waals surface area (Å²) in [6, 6.07) is 5.90. The molecule has 5 heteroatoms. The standard InChI is InChI=1S/C19H23NO4/c1-12-3-4-14(13(2)11-12)15-16(21)18(20-17(15)22)5-7-19(8-6-18)23-9-10-24-19/h3-4,11,15H,5-10H2,1-2H3,(H,20,22). The van der Waals surface area contributed by atoms with E-state index < -0.39 is 17.2 Å². The predicted octanol–water partition coefficient (Wildman–Crippen LogP) is 2.14. The van der Waals surface area contributed by atoms with Crippen LogP contribution in [0, 0.1) is 13.8 Å². The van der Waals surface area contributed by atoms with Gasteiger partial charge in [-0.25, -0.2) is 0 Å². The number of carbonyl (C=O) groups is 2. The molecule has 3 fully saturated rings. The Morgan fingerprint density at radius 1 is 1.04 bits per heavy atom. The fourth-order valence-electron chi connectivity index (χ4n) is 4.41. The van der Waals surface area contributed by atoms with Crippen molar-refractivity contribution in [3.63, 3.8) is 0 Å². The van der Waals surface area contributed by atoms with Crippen LogP contribution < -0.4 is 5.32 Å². The molecule has 0 radical (unpaired) electrons. The lowest BCUT2D eigenvalue weighted by atomic mass is 9.74. The Hall–Kier alpha value is -1.72. The van der Waals surface area contributed by atoms with Gasteiger partial charge in [-0.2, -0.15) is 0 Å². The van der Waals surface area contributed by atoms with Crippen LogP contribution in [0.5, 0.6) is 0 Å². The molecule has 128 valence electrons. The first-order valence-corrected chi connectivity index (χ1v) is 8.66. The number of Topliss-reactive ketones (excluding diaryl/α,β-unsaturated/α-hetero) is 1. The Kier molecular flexibility index (Phi) is 3.55. The van der Waals surface area contributed by atoms with Crippen molar-refractivity contribution in [3.8, 4) is 0 Å². The molecule has 1 saturated carbocycles. The Balaban J connectivity index is 1.60. The SMILES string of the molecule is Cc1ccc(C2C(=O)NC3(CCC4(CC3)OCCO4)C2=O)c(C)c1. The van der Waals surface area contributed by atoms with Gasteiger partial charge in [0.2, 0.25) is 5.91 Å². The van der Waals surface area contributed by atoms with Crippen molar-refractivity contribution in [1.82, 2.24) is 5.32 Å². The van der Waals surface area contributed by atoms with Crippen molar-refractivity contribution in [3.05, 3.63) is 34.9 Å². The van der Waals surface area contributed by atoms with Gasteiger partial charge in [-0.1, -0.05) is 23.8 Å². The number of carbonyl (C=O) groups excluding carboxylic acids is 2. The first-order chi connectivity index (χ1) is 11.4. The van der Waals surface area contributed by atoms with Gasteiger partial charge < -0.3 is 14.8 Å². The number of rotatable bonds is 1. The van der Waals surface area contributed by atoms with E-state index >= 15 is 0 Å². The molecule has 0 aromatic heterocycles. The fraction of sp³-hybridized carbons (Fsp3) is 0.579. The van der Waals surface area contributed by atoms with E-state index in [2.05, 4.69) is 5.32 Å². The van der Waals surface area contributed by atoms with Crippen LogP contribution >= 0.6 is 0 Å². The number of nitrogens with one attached hydrogen (secondary N) is 1. The molecular weight excluding hydrogens is 306 g/mol. The van der Waals surface area contributed by atoms with E-state index in [9.17, 15) is 9.59 Å². The number of amides is 1. The van der Waals surface area contributed by atoms with Crippen LogP contribution in [0.4, 0.5) is 0 Å². The van der Waals surface area contributed by atoms with E-state index in [1.165, 1.54) is 0 Å². The van der Waals surface area contributed by atoms with E-state index in [0.29, 0.717) is 38.9 Å². The van der Waals surface area contributed by atoms with E-state index in [4.69, 9.17) is 9.47 Å². The van der Waals surface area contributed by atoms with Gasteiger partial charge in [0.05, 0.1) is 13.2 Å². The zero-order valence-corrected chi connectivity index (χ0v) is 14.2.